The van der Waals surface area contributed by atoms with Gasteiger partial charge in [0.1, 0.15) is 6.10 Å². The maximum atomic E-state index is 12.9. The Balaban J connectivity index is 1.63. The minimum absolute atomic E-state index is 0.117. The molecule has 2 fully saturated rings. The molecule has 1 amide bonds. The van der Waals surface area contributed by atoms with Crippen molar-refractivity contribution in [3.8, 4) is 0 Å². The molecule has 5 heteroatoms. The molecule has 2 saturated heterocycles. The minimum atomic E-state index is -0.136. The highest BCUT2D eigenvalue weighted by molar-refractivity contribution is 6.31. The van der Waals surface area contributed by atoms with Crippen LogP contribution in [0.5, 0.6) is 0 Å². The summed E-state index contributed by atoms with van der Waals surface area (Å²) in [6, 6.07) is 7.87. The van der Waals surface area contributed by atoms with E-state index in [1.165, 1.54) is 12.8 Å². The smallest absolute Gasteiger partial charge is 0.223 e. The van der Waals surface area contributed by atoms with Crippen molar-refractivity contribution in [1.29, 1.82) is 0 Å². The Hall–Kier alpha value is -1.10. The third kappa shape index (κ3) is 4.55. The molecule has 0 spiro atoms. The molecule has 0 radical (unpaired) electrons. The SMILES string of the molecule is CC(CC(=O)N1CC(c2ccccc2Cl)OCC1C)C1CCNCC1. The summed E-state index contributed by atoms with van der Waals surface area (Å²) in [7, 11) is 0. The molecule has 0 saturated carbocycles. The summed E-state index contributed by atoms with van der Waals surface area (Å²) in [6.45, 7) is 7.59. The largest absolute Gasteiger partial charge is 0.369 e. The van der Waals surface area contributed by atoms with Gasteiger partial charge in [0, 0.05) is 17.0 Å². The summed E-state index contributed by atoms with van der Waals surface area (Å²) < 4.78 is 5.97. The van der Waals surface area contributed by atoms with E-state index >= 15 is 0 Å². The highest BCUT2D eigenvalue weighted by Crippen LogP contribution is 2.31. The molecule has 4 nitrogen and oxygen atoms in total. The number of halogens is 1. The van der Waals surface area contributed by atoms with Crippen molar-refractivity contribution in [3.05, 3.63) is 34.9 Å². The van der Waals surface area contributed by atoms with Gasteiger partial charge >= 0.3 is 0 Å². The molecule has 3 atom stereocenters. The number of carbonyl (C=O) groups is 1. The van der Waals surface area contributed by atoms with Crippen molar-refractivity contribution >= 4 is 17.5 Å². The lowest BCUT2D eigenvalue weighted by Gasteiger charge is -2.39. The van der Waals surface area contributed by atoms with E-state index in [2.05, 4.69) is 19.2 Å². The Morgan fingerprint density at radius 1 is 1.36 bits per heavy atom. The quantitative estimate of drug-likeness (QED) is 0.886. The second-order valence-electron chi connectivity index (χ2n) is 7.51. The van der Waals surface area contributed by atoms with Gasteiger partial charge in [-0.05, 0) is 50.8 Å². The zero-order valence-corrected chi connectivity index (χ0v) is 16.0. The summed E-state index contributed by atoms with van der Waals surface area (Å²) in [6.07, 6.45) is 2.85. The fourth-order valence-corrected chi connectivity index (χ4v) is 4.26. The lowest BCUT2D eigenvalue weighted by Crippen LogP contribution is -2.49. The van der Waals surface area contributed by atoms with Crippen molar-refractivity contribution in [2.75, 3.05) is 26.2 Å². The predicted octanol–water partition coefficient (Wildman–Crippen LogP) is 3.65. The molecule has 1 N–H and O–H groups in total. The molecule has 2 heterocycles. The Bertz CT molecular complexity index is 589. The van der Waals surface area contributed by atoms with Gasteiger partial charge in [-0.2, -0.15) is 0 Å². The minimum Gasteiger partial charge on any atom is -0.369 e. The first-order valence-corrected chi connectivity index (χ1v) is 9.80. The highest BCUT2D eigenvalue weighted by atomic mass is 35.5. The van der Waals surface area contributed by atoms with E-state index in [0.29, 0.717) is 36.4 Å². The third-order valence-electron chi connectivity index (χ3n) is 5.69. The lowest BCUT2D eigenvalue weighted by atomic mass is 9.84. The monoisotopic (exact) mass is 364 g/mol. The van der Waals surface area contributed by atoms with E-state index in [-0.39, 0.29) is 18.1 Å². The Labute approximate surface area is 155 Å². The molecule has 3 unspecified atom stereocenters. The Morgan fingerprint density at radius 2 is 2.08 bits per heavy atom. The second kappa shape index (κ2) is 8.52. The topological polar surface area (TPSA) is 41.6 Å². The summed E-state index contributed by atoms with van der Waals surface area (Å²) >= 11 is 6.32. The van der Waals surface area contributed by atoms with Crippen LogP contribution in [0, 0.1) is 11.8 Å². The number of rotatable bonds is 4. The van der Waals surface area contributed by atoms with Crippen LogP contribution in [0.4, 0.5) is 0 Å². The van der Waals surface area contributed by atoms with Crippen LogP contribution in [0.3, 0.4) is 0 Å². The first-order chi connectivity index (χ1) is 12.1. The molecule has 2 aliphatic heterocycles. The Morgan fingerprint density at radius 3 is 2.80 bits per heavy atom. The number of hydrogen-bond donors (Lipinski definition) is 1. The van der Waals surface area contributed by atoms with E-state index in [1.807, 2.05) is 29.2 Å². The highest BCUT2D eigenvalue weighted by Gasteiger charge is 2.33. The van der Waals surface area contributed by atoms with Gasteiger partial charge in [0.15, 0.2) is 0 Å². The first kappa shape index (κ1) is 18.7. The van der Waals surface area contributed by atoms with E-state index in [1.54, 1.807) is 0 Å². The van der Waals surface area contributed by atoms with Crippen molar-refractivity contribution in [2.45, 2.75) is 45.3 Å². The van der Waals surface area contributed by atoms with E-state index in [9.17, 15) is 4.79 Å². The van der Waals surface area contributed by atoms with Crippen molar-refractivity contribution in [1.82, 2.24) is 10.2 Å². The average Bonchev–Trinajstić information content (AvgIpc) is 2.63. The average molecular weight is 365 g/mol. The van der Waals surface area contributed by atoms with Crippen molar-refractivity contribution < 1.29 is 9.53 Å². The molecule has 0 aliphatic carbocycles. The molecular formula is C20H29ClN2O2. The van der Waals surface area contributed by atoms with Crippen LogP contribution in [0.25, 0.3) is 0 Å². The number of benzene rings is 1. The number of nitrogens with one attached hydrogen (secondary N) is 1. The predicted molar refractivity (Wildman–Crippen MR) is 101 cm³/mol. The van der Waals surface area contributed by atoms with E-state index in [4.69, 9.17) is 16.3 Å². The van der Waals surface area contributed by atoms with E-state index in [0.717, 1.165) is 18.7 Å². The van der Waals surface area contributed by atoms with Crippen LogP contribution in [0.2, 0.25) is 5.02 Å². The van der Waals surface area contributed by atoms with Crippen molar-refractivity contribution in [2.24, 2.45) is 11.8 Å². The fourth-order valence-electron chi connectivity index (χ4n) is 4.00. The van der Waals surface area contributed by atoms with Gasteiger partial charge in [0.25, 0.3) is 0 Å². The first-order valence-electron chi connectivity index (χ1n) is 9.42. The molecule has 2 aliphatic rings. The van der Waals surface area contributed by atoms with Gasteiger partial charge in [-0.15, -0.1) is 0 Å². The number of morpholine rings is 1. The zero-order valence-electron chi connectivity index (χ0n) is 15.2. The maximum absolute atomic E-state index is 12.9. The van der Waals surface area contributed by atoms with Gasteiger partial charge in [-0.1, -0.05) is 36.7 Å². The molecule has 0 bridgehead atoms. The molecule has 1 aromatic rings. The summed E-state index contributed by atoms with van der Waals surface area (Å²) in [5, 5.41) is 4.10. The molecule has 138 valence electrons. The maximum Gasteiger partial charge on any atom is 0.223 e. The van der Waals surface area contributed by atoms with Gasteiger partial charge in [-0.25, -0.2) is 0 Å². The Kier molecular flexibility index (Phi) is 6.37. The molecule has 1 aromatic carbocycles. The summed E-state index contributed by atoms with van der Waals surface area (Å²) in [4.78, 5) is 14.9. The standard InChI is InChI=1S/C20H29ClN2O2/c1-14(16-7-9-22-10-8-16)11-20(24)23-12-19(25-13-15(23)2)17-5-3-4-6-18(17)21/h3-6,14-16,19,22H,7-13H2,1-2H3. The number of ether oxygens (including phenoxy) is 1. The van der Waals surface area contributed by atoms with Gasteiger partial charge in [-0.3, -0.25) is 4.79 Å². The van der Waals surface area contributed by atoms with Crippen LogP contribution in [0.1, 0.15) is 44.8 Å². The summed E-state index contributed by atoms with van der Waals surface area (Å²) in [5.41, 5.74) is 0.972. The van der Waals surface area contributed by atoms with Crippen LogP contribution >= 0.6 is 11.6 Å². The van der Waals surface area contributed by atoms with Gasteiger partial charge < -0.3 is 15.0 Å². The summed E-state index contributed by atoms with van der Waals surface area (Å²) in [5.74, 6) is 1.34. The number of piperidine rings is 1. The van der Waals surface area contributed by atoms with E-state index < -0.39 is 0 Å². The number of hydrogen-bond acceptors (Lipinski definition) is 3. The molecular weight excluding hydrogens is 336 g/mol. The second-order valence-corrected chi connectivity index (χ2v) is 7.91. The van der Waals surface area contributed by atoms with Crippen molar-refractivity contribution in [3.63, 3.8) is 0 Å². The van der Waals surface area contributed by atoms with Crippen LogP contribution in [-0.4, -0.2) is 43.1 Å². The van der Waals surface area contributed by atoms with Gasteiger partial charge in [0.05, 0.1) is 19.2 Å². The third-order valence-corrected chi connectivity index (χ3v) is 6.03. The normalized spacial score (nSPS) is 26.4. The van der Waals surface area contributed by atoms with Crippen LogP contribution < -0.4 is 5.32 Å². The van der Waals surface area contributed by atoms with Crippen LogP contribution in [-0.2, 0) is 9.53 Å². The van der Waals surface area contributed by atoms with Crippen LogP contribution in [0.15, 0.2) is 24.3 Å². The molecule has 25 heavy (non-hydrogen) atoms. The zero-order chi connectivity index (χ0) is 17.8. The van der Waals surface area contributed by atoms with Gasteiger partial charge in [0.2, 0.25) is 5.91 Å². The number of carbonyl (C=O) groups excluding carboxylic acids is 1. The lowest BCUT2D eigenvalue weighted by molar-refractivity contribution is -0.145. The number of nitrogens with zero attached hydrogens (tertiary/aromatic N) is 1. The number of amides is 1. The molecule has 3 rings (SSSR count). The molecule has 0 aromatic heterocycles. The fraction of sp³-hybridized carbons (Fsp3) is 0.650.